The summed E-state index contributed by atoms with van der Waals surface area (Å²) in [5, 5.41) is 15.9. The van der Waals surface area contributed by atoms with Crippen molar-refractivity contribution in [2.45, 2.75) is 19.4 Å². The van der Waals surface area contributed by atoms with Crippen molar-refractivity contribution in [3.8, 4) is 11.8 Å². The maximum atomic E-state index is 9.64. The normalized spacial score (nSPS) is 10.6. The van der Waals surface area contributed by atoms with E-state index in [1.54, 1.807) is 27.2 Å². The Labute approximate surface area is 114 Å². The summed E-state index contributed by atoms with van der Waals surface area (Å²) in [6.45, 7) is 4.58. The van der Waals surface area contributed by atoms with Gasteiger partial charge >= 0.3 is 0 Å². The Morgan fingerprint density at radius 3 is 2.79 bits per heavy atom. The molecule has 104 valence electrons. The van der Waals surface area contributed by atoms with Crippen LogP contribution in [-0.2, 0) is 4.74 Å². The molecule has 0 atom stereocenters. The van der Waals surface area contributed by atoms with Crippen molar-refractivity contribution in [1.82, 2.24) is 4.98 Å². The van der Waals surface area contributed by atoms with Gasteiger partial charge in [0.05, 0.1) is 17.9 Å². The van der Waals surface area contributed by atoms with Crippen LogP contribution in [-0.4, -0.2) is 43.0 Å². The summed E-state index contributed by atoms with van der Waals surface area (Å²) in [6, 6.07) is 1.88. The molecule has 0 aliphatic carbocycles. The van der Waals surface area contributed by atoms with E-state index < -0.39 is 5.60 Å². The smallest absolute Gasteiger partial charge is 0.127 e. The largest absolute Gasteiger partial charge is 0.383 e. The van der Waals surface area contributed by atoms with Gasteiger partial charge in [0.1, 0.15) is 11.4 Å². The summed E-state index contributed by atoms with van der Waals surface area (Å²) in [4.78, 5) is 4.22. The third-order valence-corrected chi connectivity index (χ3v) is 2.28. The van der Waals surface area contributed by atoms with Crippen molar-refractivity contribution in [3.05, 3.63) is 17.8 Å². The number of anilines is 2. The number of nitrogens with one attached hydrogen (secondary N) is 2. The zero-order chi connectivity index (χ0) is 14.3. The number of aliphatic hydroxyl groups is 1. The Kier molecular flexibility index (Phi) is 5.61. The first-order valence-electron chi connectivity index (χ1n) is 6.12. The molecule has 0 saturated carbocycles. The minimum absolute atomic E-state index is 0.607. The molecule has 0 spiro atoms. The van der Waals surface area contributed by atoms with Crippen molar-refractivity contribution in [2.24, 2.45) is 0 Å². The minimum Gasteiger partial charge on any atom is -0.383 e. The molecule has 3 N–H and O–H groups in total. The van der Waals surface area contributed by atoms with Gasteiger partial charge in [-0.2, -0.15) is 0 Å². The van der Waals surface area contributed by atoms with E-state index in [1.165, 1.54) is 0 Å². The van der Waals surface area contributed by atoms with Crippen LogP contribution in [0.1, 0.15) is 19.4 Å². The van der Waals surface area contributed by atoms with Gasteiger partial charge in [-0.3, -0.25) is 0 Å². The van der Waals surface area contributed by atoms with E-state index in [2.05, 4.69) is 27.5 Å². The lowest BCUT2D eigenvalue weighted by Gasteiger charge is -2.11. The number of hydrogen-bond acceptors (Lipinski definition) is 5. The van der Waals surface area contributed by atoms with Gasteiger partial charge in [-0.1, -0.05) is 11.8 Å². The van der Waals surface area contributed by atoms with Crippen LogP contribution < -0.4 is 10.6 Å². The van der Waals surface area contributed by atoms with Gasteiger partial charge in [0, 0.05) is 33.0 Å². The van der Waals surface area contributed by atoms with E-state index >= 15 is 0 Å². The lowest BCUT2D eigenvalue weighted by molar-refractivity contribution is 0.143. The average Bonchev–Trinajstić information content (AvgIpc) is 2.36. The SMILES string of the molecule is CNc1cc(NCCOC)c(C#CC(C)(C)O)cn1. The van der Waals surface area contributed by atoms with Crippen molar-refractivity contribution >= 4 is 11.5 Å². The third-order valence-electron chi connectivity index (χ3n) is 2.28. The van der Waals surface area contributed by atoms with Crippen LogP contribution in [0.15, 0.2) is 12.3 Å². The second-order valence-electron chi connectivity index (χ2n) is 4.59. The zero-order valence-electron chi connectivity index (χ0n) is 11.9. The zero-order valence-corrected chi connectivity index (χ0v) is 11.9. The van der Waals surface area contributed by atoms with Crippen molar-refractivity contribution in [3.63, 3.8) is 0 Å². The lowest BCUT2D eigenvalue weighted by atomic mass is 10.1. The fourth-order valence-electron chi connectivity index (χ4n) is 1.35. The first kappa shape index (κ1) is 15.3. The molecule has 5 heteroatoms. The second-order valence-corrected chi connectivity index (χ2v) is 4.59. The van der Waals surface area contributed by atoms with Gasteiger partial charge in [0.25, 0.3) is 0 Å². The molecule has 0 saturated heterocycles. The fraction of sp³-hybridized carbons (Fsp3) is 0.500. The predicted octanol–water partition coefficient (Wildman–Crippen LogP) is 1.30. The highest BCUT2D eigenvalue weighted by Gasteiger charge is 2.07. The fourth-order valence-corrected chi connectivity index (χ4v) is 1.35. The molecule has 0 amide bonds. The Morgan fingerprint density at radius 1 is 1.47 bits per heavy atom. The molecule has 1 aromatic rings. The Bertz CT molecular complexity index is 470. The molecule has 19 heavy (non-hydrogen) atoms. The molecule has 0 fully saturated rings. The maximum Gasteiger partial charge on any atom is 0.127 e. The molecule has 5 nitrogen and oxygen atoms in total. The number of aromatic nitrogens is 1. The molecule has 0 radical (unpaired) electrons. The summed E-state index contributed by atoms with van der Waals surface area (Å²) in [6.07, 6.45) is 1.68. The van der Waals surface area contributed by atoms with Gasteiger partial charge in [0.2, 0.25) is 0 Å². The van der Waals surface area contributed by atoms with Crippen LogP contribution in [0.3, 0.4) is 0 Å². The quantitative estimate of drug-likeness (QED) is 0.552. The molecule has 0 aliphatic heterocycles. The summed E-state index contributed by atoms with van der Waals surface area (Å²) < 4.78 is 5.00. The molecule has 0 aromatic carbocycles. The molecule has 0 unspecified atom stereocenters. The van der Waals surface area contributed by atoms with Gasteiger partial charge in [-0.15, -0.1) is 0 Å². The number of methoxy groups -OCH3 is 1. The van der Waals surface area contributed by atoms with Gasteiger partial charge in [-0.05, 0) is 13.8 Å². The Balaban J connectivity index is 2.97. The topological polar surface area (TPSA) is 66.4 Å². The van der Waals surface area contributed by atoms with E-state index in [0.717, 1.165) is 17.1 Å². The molecular weight excluding hydrogens is 242 g/mol. The highest BCUT2D eigenvalue weighted by molar-refractivity contribution is 5.63. The Morgan fingerprint density at radius 2 is 2.21 bits per heavy atom. The van der Waals surface area contributed by atoms with Crippen LogP contribution >= 0.6 is 0 Å². The first-order valence-corrected chi connectivity index (χ1v) is 6.12. The van der Waals surface area contributed by atoms with Crippen molar-refractivity contribution in [2.75, 3.05) is 37.9 Å². The molecule has 0 bridgehead atoms. The summed E-state index contributed by atoms with van der Waals surface area (Å²) in [7, 11) is 3.46. The van der Waals surface area contributed by atoms with Crippen LogP contribution in [0.25, 0.3) is 0 Å². The molecular formula is C14H21N3O2. The summed E-state index contributed by atoms with van der Waals surface area (Å²) in [5.74, 6) is 6.48. The predicted molar refractivity (Wildman–Crippen MR) is 77.3 cm³/mol. The number of ether oxygens (including phenoxy) is 1. The van der Waals surface area contributed by atoms with Crippen LogP contribution in [0.5, 0.6) is 0 Å². The second kappa shape index (κ2) is 6.98. The molecule has 1 rings (SSSR count). The molecule has 1 heterocycles. The van der Waals surface area contributed by atoms with E-state index in [0.29, 0.717) is 13.2 Å². The average molecular weight is 263 g/mol. The van der Waals surface area contributed by atoms with Crippen LogP contribution in [0.2, 0.25) is 0 Å². The van der Waals surface area contributed by atoms with Gasteiger partial charge in [-0.25, -0.2) is 4.98 Å². The van der Waals surface area contributed by atoms with Gasteiger partial charge in [0.15, 0.2) is 0 Å². The number of nitrogens with zero attached hydrogens (tertiary/aromatic N) is 1. The third kappa shape index (κ3) is 5.60. The number of pyridine rings is 1. The van der Waals surface area contributed by atoms with E-state index in [1.807, 2.05) is 13.1 Å². The van der Waals surface area contributed by atoms with Gasteiger partial charge < -0.3 is 20.5 Å². The van der Waals surface area contributed by atoms with E-state index in [9.17, 15) is 5.11 Å². The van der Waals surface area contributed by atoms with Crippen molar-refractivity contribution in [1.29, 1.82) is 0 Å². The molecule has 0 aliphatic rings. The monoisotopic (exact) mass is 263 g/mol. The highest BCUT2D eigenvalue weighted by Crippen LogP contribution is 2.17. The standard InChI is InChI=1S/C14H21N3O2/c1-14(2,18)6-5-11-10-17-13(15-3)9-12(11)16-7-8-19-4/h9-10,18H,7-8H2,1-4H3,(H2,15,16,17). The Hall–Kier alpha value is -1.77. The summed E-state index contributed by atoms with van der Waals surface area (Å²) >= 11 is 0. The minimum atomic E-state index is -1.02. The molecule has 1 aromatic heterocycles. The lowest BCUT2D eigenvalue weighted by Crippen LogP contribution is -2.15. The van der Waals surface area contributed by atoms with Crippen LogP contribution in [0, 0.1) is 11.8 Å². The van der Waals surface area contributed by atoms with E-state index in [4.69, 9.17) is 4.74 Å². The number of hydrogen-bond donors (Lipinski definition) is 3. The highest BCUT2D eigenvalue weighted by atomic mass is 16.5. The summed E-state index contributed by atoms with van der Waals surface area (Å²) in [5.41, 5.74) is 0.594. The number of rotatable bonds is 5. The maximum absolute atomic E-state index is 9.64. The first-order chi connectivity index (χ1) is 8.96. The van der Waals surface area contributed by atoms with E-state index in [-0.39, 0.29) is 0 Å². The van der Waals surface area contributed by atoms with Crippen molar-refractivity contribution < 1.29 is 9.84 Å². The van der Waals surface area contributed by atoms with Crippen LogP contribution in [0.4, 0.5) is 11.5 Å².